The summed E-state index contributed by atoms with van der Waals surface area (Å²) in [5.74, 6) is 0.521. The summed E-state index contributed by atoms with van der Waals surface area (Å²) >= 11 is 0. The Bertz CT molecular complexity index is 453. The van der Waals surface area contributed by atoms with Gasteiger partial charge in [-0.1, -0.05) is 45.7 Å². The van der Waals surface area contributed by atoms with Crippen LogP contribution < -0.4 is 5.32 Å². The van der Waals surface area contributed by atoms with Gasteiger partial charge in [0.25, 0.3) is 0 Å². The minimum absolute atomic E-state index is 0.105. The van der Waals surface area contributed by atoms with E-state index in [1.807, 2.05) is 19.1 Å². The van der Waals surface area contributed by atoms with Crippen molar-refractivity contribution in [3.05, 3.63) is 35.1 Å². The smallest absolute Gasteiger partial charge is 0.126 e. The zero-order chi connectivity index (χ0) is 14.8. The van der Waals surface area contributed by atoms with Crippen molar-refractivity contribution in [3.8, 4) is 0 Å². The Morgan fingerprint density at radius 1 is 1.35 bits per heavy atom. The molecule has 1 N–H and O–H groups in total. The SMILES string of the molecule is CCNC(c1ccc(F)c(C)c1)C1CCCCC1(C)C. The first-order valence-corrected chi connectivity index (χ1v) is 7.95. The van der Waals surface area contributed by atoms with E-state index in [2.05, 4.69) is 26.1 Å². The van der Waals surface area contributed by atoms with E-state index < -0.39 is 0 Å². The van der Waals surface area contributed by atoms with Crippen LogP contribution in [0.15, 0.2) is 18.2 Å². The van der Waals surface area contributed by atoms with Crippen LogP contribution in [0.1, 0.15) is 63.6 Å². The molecule has 2 atom stereocenters. The van der Waals surface area contributed by atoms with Gasteiger partial charge in [-0.15, -0.1) is 0 Å². The Balaban J connectivity index is 2.32. The molecule has 1 nitrogen and oxygen atoms in total. The lowest BCUT2D eigenvalue weighted by molar-refractivity contribution is 0.0988. The fourth-order valence-corrected chi connectivity index (χ4v) is 3.71. The predicted octanol–water partition coefficient (Wildman–Crippen LogP) is 5.00. The van der Waals surface area contributed by atoms with Gasteiger partial charge in [0, 0.05) is 6.04 Å². The van der Waals surface area contributed by atoms with E-state index in [0.717, 1.165) is 12.1 Å². The van der Waals surface area contributed by atoms with Crippen molar-refractivity contribution in [1.29, 1.82) is 0 Å². The van der Waals surface area contributed by atoms with Crippen LogP contribution >= 0.6 is 0 Å². The lowest BCUT2D eigenvalue weighted by atomic mass is 9.64. The molecule has 1 aromatic carbocycles. The second kappa shape index (κ2) is 6.26. The quantitative estimate of drug-likeness (QED) is 0.816. The molecule has 0 bridgehead atoms. The van der Waals surface area contributed by atoms with E-state index in [4.69, 9.17) is 0 Å². The monoisotopic (exact) mass is 277 g/mol. The summed E-state index contributed by atoms with van der Waals surface area (Å²) in [4.78, 5) is 0. The maximum Gasteiger partial charge on any atom is 0.126 e. The van der Waals surface area contributed by atoms with E-state index in [1.54, 1.807) is 6.07 Å². The van der Waals surface area contributed by atoms with Crippen LogP contribution in [-0.4, -0.2) is 6.54 Å². The molecule has 0 saturated heterocycles. The van der Waals surface area contributed by atoms with Gasteiger partial charge in [-0.25, -0.2) is 4.39 Å². The second-order valence-corrected chi connectivity index (χ2v) is 6.88. The third-order valence-electron chi connectivity index (χ3n) is 4.96. The minimum Gasteiger partial charge on any atom is -0.310 e. The second-order valence-electron chi connectivity index (χ2n) is 6.88. The number of aryl methyl sites for hydroxylation is 1. The summed E-state index contributed by atoms with van der Waals surface area (Å²) < 4.78 is 13.5. The first kappa shape index (κ1) is 15.5. The first-order valence-electron chi connectivity index (χ1n) is 7.95. The highest BCUT2D eigenvalue weighted by atomic mass is 19.1. The Kier molecular flexibility index (Phi) is 4.85. The number of hydrogen-bond acceptors (Lipinski definition) is 1. The lowest BCUT2D eigenvalue weighted by Crippen LogP contribution is -2.39. The molecule has 0 heterocycles. The van der Waals surface area contributed by atoms with E-state index >= 15 is 0 Å². The summed E-state index contributed by atoms with van der Waals surface area (Å²) in [5, 5.41) is 3.65. The van der Waals surface area contributed by atoms with Gasteiger partial charge in [0.2, 0.25) is 0 Å². The molecule has 1 fully saturated rings. The highest BCUT2D eigenvalue weighted by Gasteiger charge is 2.37. The van der Waals surface area contributed by atoms with Crippen molar-refractivity contribution in [2.75, 3.05) is 6.54 Å². The molecule has 1 aromatic rings. The molecule has 2 rings (SSSR count). The molecule has 2 unspecified atom stereocenters. The van der Waals surface area contributed by atoms with Crippen molar-refractivity contribution in [2.24, 2.45) is 11.3 Å². The summed E-state index contributed by atoms with van der Waals surface area (Å²) in [6, 6.07) is 5.94. The van der Waals surface area contributed by atoms with Crippen molar-refractivity contribution < 1.29 is 4.39 Å². The lowest BCUT2D eigenvalue weighted by Gasteiger charge is -2.44. The number of nitrogens with one attached hydrogen (secondary N) is 1. The maximum absolute atomic E-state index is 13.5. The van der Waals surface area contributed by atoms with Crippen LogP contribution in [0.25, 0.3) is 0 Å². The first-order chi connectivity index (χ1) is 9.45. The summed E-state index contributed by atoms with van der Waals surface area (Å²) in [7, 11) is 0. The summed E-state index contributed by atoms with van der Waals surface area (Å²) in [6.07, 6.45) is 5.21. The molecule has 0 radical (unpaired) electrons. The predicted molar refractivity (Wildman–Crippen MR) is 83.3 cm³/mol. The molecule has 1 aliphatic carbocycles. The average molecular weight is 277 g/mol. The zero-order valence-electron chi connectivity index (χ0n) is 13.3. The van der Waals surface area contributed by atoms with Gasteiger partial charge in [0.15, 0.2) is 0 Å². The van der Waals surface area contributed by atoms with Gasteiger partial charge < -0.3 is 5.32 Å². The standard InChI is InChI=1S/C18H28FN/c1-5-20-17(14-9-10-16(19)13(2)12-14)15-8-6-7-11-18(15,3)4/h9-10,12,15,17,20H,5-8,11H2,1-4H3. The molecule has 0 aromatic heterocycles. The van der Waals surface area contributed by atoms with Crippen LogP contribution in [0.5, 0.6) is 0 Å². The van der Waals surface area contributed by atoms with Crippen molar-refractivity contribution in [3.63, 3.8) is 0 Å². The van der Waals surface area contributed by atoms with Gasteiger partial charge in [-0.05, 0) is 54.8 Å². The molecule has 112 valence electrons. The molecular formula is C18H28FN. The molecule has 0 spiro atoms. The third kappa shape index (κ3) is 3.22. The largest absolute Gasteiger partial charge is 0.310 e. The molecule has 1 aliphatic rings. The highest BCUT2D eigenvalue weighted by Crippen LogP contribution is 2.46. The van der Waals surface area contributed by atoms with Crippen molar-refractivity contribution in [1.82, 2.24) is 5.32 Å². The van der Waals surface area contributed by atoms with Gasteiger partial charge in [-0.3, -0.25) is 0 Å². The van der Waals surface area contributed by atoms with Gasteiger partial charge in [0.1, 0.15) is 5.82 Å². The fraction of sp³-hybridized carbons (Fsp3) is 0.667. The topological polar surface area (TPSA) is 12.0 Å². The molecule has 2 heteroatoms. The van der Waals surface area contributed by atoms with E-state index in [1.165, 1.54) is 31.2 Å². The number of benzene rings is 1. The summed E-state index contributed by atoms with van der Waals surface area (Å²) in [6.45, 7) is 9.73. The molecule has 20 heavy (non-hydrogen) atoms. The number of halogens is 1. The zero-order valence-corrected chi connectivity index (χ0v) is 13.3. The highest BCUT2D eigenvalue weighted by molar-refractivity contribution is 5.27. The summed E-state index contributed by atoms with van der Waals surface area (Å²) in [5.41, 5.74) is 2.35. The number of hydrogen-bond donors (Lipinski definition) is 1. The van der Waals surface area contributed by atoms with Gasteiger partial charge in [-0.2, -0.15) is 0 Å². The van der Waals surface area contributed by atoms with Crippen LogP contribution in [0.4, 0.5) is 4.39 Å². The normalized spacial score (nSPS) is 23.6. The van der Waals surface area contributed by atoms with Crippen molar-refractivity contribution >= 4 is 0 Å². The van der Waals surface area contributed by atoms with E-state index in [-0.39, 0.29) is 5.82 Å². The molecule has 1 saturated carbocycles. The average Bonchev–Trinajstić information content (AvgIpc) is 2.40. The Morgan fingerprint density at radius 3 is 2.70 bits per heavy atom. The maximum atomic E-state index is 13.5. The minimum atomic E-state index is -0.105. The van der Waals surface area contributed by atoms with Crippen LogP contribution in [0.2, 0.25) is 0 Å². The Morgan fingerprint density at radius 2 is 2.10 bits per heavy atom. The molecule has 0 aliphatic heterocycles. The van der Waals surface area contributed by atoms with Gasteiger partial charge in [0.05, 0.1) is 0 Å². The Labute approximate surface area is 123 Å². The Hall–Kier alpha value is -0.890. The van der Waals surface area contributed by atoms with Crippen LogP contribution in [-0.2, 0) is 0 Å². The molecular weight excluding hydrogens is 249 g/mol. The third-order valence-corrected chi connectivity index (χ3v) is 4.96. The van der Waals surface area contributed by atoms with Crippen LogP contribution in [0.3, 0.4) is 0 Å². The molecule has 0 amide bonds. The van der Waals surface area contributed by atoms with Gasteiger partial charge >= 0.3 is 0 Å². The van der Waals surface area contributed by atoms with Crippen molar-refractivity contribution in [2.45, 2.75) is 59.4 Å². The fourth-order valence-electron chi connectivity index (χ4n) is 3.71. The number of rotatable bonds is 4. The van der Waals surface area contributed by atoms with Crippen LogP contribution in [0, 0.1) is 24.1 Å². The van der Waals surface area contributed by atoms with E-state index in [0.29, 0.717) is 17.4 Å². The van der Waals surface area contributed by atoms with E-state index in [9.17, 15) is 4.39 Å².